The number of hydrogen-bond acceptors (Lipinski definition) is 6. The van der Waals surface area contributed by atoms with E-state index in [2.05, 4.69) is 65.1 Å². The Bertz CT molecular complexity index is 545. The fourth-order valence-corrected chi connectivity index (χ4v) is 9.38. The maximum Gasteiger partial charge on any atom is 2.00 e. The Labute approximate surface area is 339 Å². The zero-order valence-corrected chi connectivity index (χ0v) is 37.9. The van der Waals surface area contributed by atoms with E-state index < -0.39 is 0 Å². The summed E-state index contributed by atoms with van der Waals surface area (Å²) in [5.74, 6) is 1.45. The number of aliphatic hydroxyl groups is 2. The number of rotatable bonds is 12. The van der Waals surface area contributed by atoms with Gasteiger partial charge in [0.2, 0.25) is 0 Å². The molecule has 304 valence electrons. The van der Waals surface area contributed by atoms with Crippen LogP contribution in [-0.4, -0.2) is 75.3 Å². The molecule has 4 N–H and O–H groups in total. The van der Waals surface area contributed by atoms with Crippen molar-refractivity contribution in [3.05, 3.63) is 29.7 Å². The molecule has 0 radical (unpaired) electrons. The monoisotopic (exact) mass is 822 g/mol. The molecule has 0 aromatic carbocycles. The van der Waals surface area contributed by atoms with Gasteiger partial charge in [-0.3, -0.25) is 0 Å². The van der Waals surface area contributed by atoms with Crippen LogP contribution in [0.3, 0.4) is 0 Å². The van der Waals surface area contributed by atoms with Crippen LogP contribution in [0.5, 0.6) is 0 Å². The van der Waals surface area contributed by atoms with Crippen molar-refractivity contribution in [1.29, 1.82) is 0 Å². The Hall–Kier alpha value is 1.54. The molecule has 4 rings (SSSR count). The smallest absolute Gasteiger partial charge is 0.412 e. The molecule has 0 aliphatic heterocycles. The third-order valence-corrected chi connectivity index (χ3v) is 11.5. The van der Waals surface area contributed by atoms with Crippen LogP contribution < -0.4 is 0 Å². The van der Waals surface area contributed by atoms with Gasteiger partial charge < -0.3 is 54.9 Å². The first kappa shape index (κ1) is 65.4. The van der Waals surface area contributed by atoms with Crippen LogP contribution in [0.1, 0.15) is 157 Å². The van der Waals surface area contributed by atoms with Crippen molar-refractivity contribution in [3.8, 4) is 0 Å². The first-order valence-corrected chi connectivity index (χ1v) is 19.5. The molecule has 0 amide bonds. The predicted molar refractivity (Wildman–Crippen MR) is 217 cm³/mol. The van der Waals surface area contributed by atoms with Crippen molar-refractivity contribution in [1.82, 2.24) is 0 Å². The van der Waals surface area contributed by atoms with Gasteiger partial charge in [0, 0.05) is 46.4 Å². The van der Waals surface area contributed by atoms with Crippen molar-refractivity contribution in [2.75, 3.05) is 39.6 Å². The standard InChI is InChI=1S/2C13H26O2S.2C5H10.4CH3.2Fe.H2O/c2*1-13(2,3)16-12-7-4-6-11(12)10-15-9-5-8-14;2*1-2-4-5-3-1;;;;;;;/h2*11-12,14H,4-10H2,1-3H3;2*1-5H2;4*1H3;;;1H2/q;;;;4*-1;2*+2;. The Kier molecular flexibility index (Phi) is 54.4. The molecule has 4 aliphatic carbocycles. The summed E-state index contributed by atoms with van der Waals surface area (Å²) in [6.45, 7) is 17.4. The normalized spacial score (nSPS) is 22.0. The van der Waals surface area contributed by atoms with Crippen molar-refractivity contribution >= 4 is 23.5 Å². The van der Waals surface area contributed by atoms with Crippen LogP contribution in [0.2, 0.25) is 0 Å². The Morgan fingerprint density at radius 2 is 0.755 bits per heavy atom. The van der Waals surface area contributed by atoms with Gasteiger partial charge in [-0.25, -0.2) is 0 Å². The molecule has 5 nitrogen and oxygen atoms in total. The summed E-state index contributed by atoms with van der Waals surface area (Å²) in [5.41, 5.74) is 0. The fraction of sp³-hybridized carbons (Fsp3) is 0.900. The average Bonchev–Trinajstić information content (AvgIpc) is 3.75. The van der Waals surface area contributed by atoms with Crippen LogP contribution in [0.25, 0.3) is 0 Å². The van der Waals surface area contributed by atoms with E-state index in [0.717, 1.165) is 48.4 Å². The number of ether oxygens (including phenoxy) is 2. The zero-order valence-electron chi connectivity index (χ0n) is 34.0. The molecule has 0 aromatic heterocycles. The molecule has 4 aliphatic rings. The summed E-state index contributed by atoms with van der Waals surface area (Å²) in [6.07, 6.45) is 24.5. The minimum Gasteiger partial charge on any atom is -0.412 e. The first-order chi connectivity index (χ1) is 20.1. The first-order valence-electron chi connectivity index (χ1n) is 17.8. The van der Waals surface area contributed by atoms with E-state index in [0.29, 0.717) is 22.7 Å². The van der Waals surface area contributed by atoms with E-state index in [9.17, 15) is 0 Å². The van der Waals surface area contributed by atoms with Crippen LogP contribution in [-0.2, 0) is 43.6 Å². The van der Waals surface area contributed by atoms with Crippen LogP contribution in [0, 0.1) is 41.5 Å². The maximum absolute atomic E-state index is 8.68. The molecule has 4 atom stereocenters. The largest absolute Gasteiger partial charge is 2.00 e. The fourth-order valence-electron chi connectivity index (χ4n) is 6.18. The summed E-state index contributed by atoms with van der Waals surface area (Å²) in [7, 11) is 0. The van der Waals surface area contributed by atoms with E-state index in [1.54, 1.807) is 0 Å². The number of thioether (sulfide) groups is 2. The van der Waals surface area contributed by atoms with Gasteiger partial charge in [0.25, 0.3) is 0 Å². The van der Waals surface area contributed by atoms with Gasteiger partial charge in [-0.1, -0.05) is 119 Å². The SMILES string of the molecule is C1CCCC1.C1CCCC1.CC(C)(C)SC1CCCC1COCCCO.CC(C)(C)SC1CCCC1COCCCO.O.[CH3-].[CH3-].[CH3-].[CH3-].[Fe+2].[Fe+2]. The summed E-state index contributed by atoms with van der Waals surface area (Å²) < 4.78 is 12.0. The number of hydrogen-bond donors (Lipinski definition) is 2. The van der Waals surface area contributed by atoms with Gasteiger partial charge in [-0.05, 0) is 50.4 Å². The average molecular weight is 823 g/mol. The minimum atomic E-state index is 0. The molecule has 4 fully saturated rings. The minimum absolute atomic E-state index is 0. The summed E-state index contributed by atoms with van der Waals surface area (Å²) in [4.78, 5) is 0. The van der Waals surface area contributed by atoms with Gasteiger partial charge in [0.1, 0.15) is 0 Å². The van der Waals surface area contributed by atoms with Crippen molar-refractivity contribution in [3.63, 3.8) is 0 Å². The van der Waals surface area contributed by atoms with Gasteiger partial charge in [-0.15, -0.1) is 0 Å². The molecule has 0 bridgehead atoms. The van der Waals surface area contributed by atoms with E-state index in [1.807, 2.05) is 0 Å². The number of aliphatic hydroxyl groups excluding tert-OH is 2. The quantitative estimate of drug-likeness (QED) is 0.116. The van der Waals surface area contributed by atoms with E-state index in [-0.39, 0.29) is 82.5 Å². The van der Waals surface area contributed by atoms with Crippen LogP contribution in [0.15, 0.2) is 0 Å². The second-order valence-corrected chi connectivity index (χ2v) is 18.9. The van der Waals surface area contributed by atoms with Crippen molar-refractivity contribution in [2.24, 2.45) is 11.8 Å². The van der Waals surface area contributed by atoms with Crippen LogP contribution >= 0.6 is 23.5 Å². The second-order valence-electron chi connectivity index (χ2n) is 14.8. The zero-order chi connectivity index (χ0) is 31.1. The van der Waals surface area contributed by atoms with Crippen molar-refractivity contribution < 1.29 is 59.3 Å². The Morgan fingerprint density at radius 1 is 0.490 bits per heavy atom. The molecular weight excluding hydrogens is 736 g/mol. The van der Waals surface area contributed by atoms with Gasteiger partial charge in [0.05, 0.1) is 13.2 Å². The molecule has 4 unspecified atom stereocenters. The molecule has 0 spiro atoms. The predicted octanol–water partition coefficient (Wildman–Crippen LogP) is 11.0. The second kappa shape index (κ2) is 40.7. The summed E-state index contributed by atoms with van der Waals surface area (Å²) >= 11 is 4.21. The van der Waals surface area contributed by atoms with Crippen molar-refractivity contribution in [2.45, 2.75) is 177 Å². The summed E-state index contributed by atoms with van der Waals surface area (Å²) in [6, 6.07) is 0. The molecule has 4 saturated carbocycles. The van der Waals surface area contributed by atoms with Gasteiger partial charge in [-0.2, -0.15) is 23.5 Å². The van der Waals surface area contributed by atoms with Gasteiger partial charge in [0.15, 0.2) is 0 Å². The third kappa shape index (κ3) is 39.1. The molecule has 0 saturated heterocycles. The van der Waals surface area contributed by atoms with E-state index in [4.69, 9.17) is 19.7 Å². The maximum atomic E-state index is 8.68. The van der Waals surface area contributed by atoms with E-state index >= 15 is 0 Å². The molecule has 0 heterocycles. The Morgan fingerprint density at radius 3 is 0.980 bits per heavy atom. The molecule has 0 aromatic rings. The third-order valence-electron chi connectivity index (χ3n) is 8.25. The molecular formula is C40H86Fe2O5S2. The van der Waals surface area contributed by atoms with Crippen LogP contribution in [0.4, 0.5) is 0 Å². The van der Waals surface area contributed by atoms with Gasteiger partial charge >= 0.3 is 34.1 Å². The molecule has 49 heavy (non-hydrogen) atoms. The summed E-state index contributed by atoms with van der Waals surface area (Å²) in [5, 5.41) is 18.9. The Balaban J connectivity index is -0.000000101. The molecule has 9 heteroatoms. The topological polar surface area (TPSA) is 90.4 Å². The van der Waals surface area contributed by atoms with E-state index in [1.165, 1.54) is 103 Å².